The number of rotatable bonds is 5. The van der Waals surface area contributed by atoms with Crippen molar-refractivity contribution >= 4 is 41.3 Å². The summed E-state index contributed by atoms with van der Waals surface area (Å²) in [4.78, 5) is 8.78. The number of hydrogen-bond donors (Lipinski definition) is 2. The number of nitrogens with one attached hydrogen (secondary N) is 2. The van der Waals surface area contributed by atoms with E-state index in [-0.39, 0.29) is 24.0 Å². The van der Waals surface area contributed by atoms with Gasteiger partial charge >= 0.3 is 0 Å². The number of thiophene rings is 1. The van der Waals surface area contributed by atoms with Crippen LogP contribution in [0, 0.1) is 0 Å². The first-order valence-corrected chi connectivity index (χ1v) is 8.55. The predicted molar refractivity (Wildman–Crippen MR) is 101 cm³/mol. The number of halogens is 1. The fourth-order valence-corrected chi connectivity index (χ4v) is 3.43. The summed E-state index contributed by atoms with van der Waals surface area (Å²) >= 11 is 1.90. The first-order chi connectivity index (χ1) is 9.85. The lowest BCUT2D eigenvalue weighted by Gasteiger charge is -2.26. The van der Waals surface area contributed by atoms with Crippen LogP contribution < -0.4 is 10.6 Å². The highest BCUT2D eigenvalue weighted by molar-refractivity contribution is 14.0. The number of nitrogens with zero attached hydrogens (tertiary/aromatic N) is 2. The SMILES string of the molecule is CCNC(=NCCN1CCc2sccc2C1)NC1CC1.I. The second-order valence-corrected chi connectivity index (χ2v) is 6.58. The Labute approximate surface area is 148 Å². The lowest BCUT2D eigenvalue weighted by molar-refractivity contribution is 0.263. The Hall–Kier alpha value is -0.340. The molecule has 0 amide bonds. The van der Waals surface area contributed by atoms with Gasteiger partial charge in [-0.05, 0) is 43.2 Å². The number of fused-ring (bicyclic) bond motifs is 1. The zero-order valence-corrected chi connectivity index (χ0v) is 15.7. The summed E-state index contributed by atoms with van der Waals surface area (Å²) in [5.74, 6) is 0.989. The van der Waals surface area contributed by atoms with Crippen molar-refractivity contribution in [1.82, 2.24) is 15.5 Å². The van der Waals surface area contributed by atoms with Crippen molar-refractivity contribution in [2.24, 2.45) is 4.99 Å². The maximum atomic E-state index is 4.69. The van der Waals surface area contributed by atoms with E-state index >= 15 is 0 Å². The van der Waals surface area contributed by atoms with Crippen LogP contribution in [0.15, 0.2) is 16.4 Å². The van der Waals surface area contributed by atoms with E-state index in [1.807, 2.05) is 11.3 Å². The van der Waals surface area contributed by atoms with Gasteiger partial charge in [-0.1, -0.05) is 0 Å². The molecule has 2 N–H and O–H groups in total. The standard InChI is InChI=1S/C15H24N4S.HI/c1-2-16-15(18-13-3-4-13)17-7-9-19-8-5-14-12(11-19)6-10-20-14;/h6,10,13H,2-5,7-9,11H2,1H3,(H2,16,17,18);1H. The molecule has 0 unspecified atom stereocenters. The van der Waals surface area contributed by atoms with Crippen molar-refractivity contribution in [3.8, 4) is 0 Å². The predicted octanol–water partition coefficient (Wildman–Crippen LogP) is 2.44. The maximum Gasteiger partial charge on any atom is 0.191 e. The third kappa shape index (κ3) is 5.10. The van der Waals surface area contributed by atoms with Crippen molar-refractivity contribution in [2.75, 3.05) is 26.2 Å². The lowest BCUT2D eigenvalue weighted by Crippen LogP contribution is -2.39. The summed E-state index contributed by atoms with van der Waals surface area (Å²) in [6.45, 7) is 7.25. The highest BCUT2D eigenvalue weighted by Gasteiger charge is 2.22. The summed E-state index contributed by atoms with van der Waals surface area (Å²) in [7, 11) is 0. The Morgan fingerprint density at radius 3 is 3.10 bits per heavy atom. The van der Waals surface area contributed by atoms with Crippen LogP contribution in [0.1, 0.15) is 30.2 Å². The largest absolute Gasteiger partial charge is 0.357 e. The Bertz CT molecular complexity index is 470. The second-order valence-electron chi connectivity index (χ2n) is 5.57. The third-order valence-electron chi connectivity index (χ3n) is 3.84. The van der Waals surface area contributed by atoms with Crippen LogP contribution in [-0.2, 0) is 13.0 Å². The van der Waals surface area contributed by atoms with Crippen molar-refractivity contribution in [1.29, 1.82) is 0 Å². The molecule has 4 nitrogen and oxygen atoms in total. The van der Waals surface area contributed by atoms with Gasteiger partial charge in [0.15, 0.2) is 5.96 Å². The van der Waals surface area contributed by atoms with Crippen LogP contribution in [0.2, 0.25) is 0 Å². The van der Waals surface area contributed by atoms with Gasteiger partial charge in [-0.2, -0.15) is 0 Å². The van der Waals surface area contributed by atoms with Crippen LogP contribution in [0.5, 0.6) is 0 Å². The topological polar surface area (TPSA) is 39.7 Å². The van der Waals surface area contributed by atoms with Gasteiger partial charge in [-0.15, -0.1) is 35.3 Å². The van der Waals surface area contributed by atoms with E-state index in [4.69, 9.17) is 0 Å². The lowest BCUT2D eigenvalue weighted by atomic mass is 10.1. The fourth-order valence-electron chi connectivity index (χ4n) is 2.54. The number of hydrogen-bond acceptors (Lipinski definition) is 3. The monoisotopic (exact) mass is 420 g/mol. The maximum absolute atomic E-state index is 4.69. The highest BCUT2D eigenvalue weighted by Crippen LogP contribution is 2.23. The van der Waals surface area contributed by atoms with Crippen LogP contribution in [0.3, 0.4) is 0 Å². The molecule has 21 heavy (non-hydrogen) atoms. The molecule has 2 heterocycles. The second kappa shape index (κ2) is 8.33. The first kappa shape index (κ1) is 17.0. The highest BCUT2D eigenvalue weighted by atomic mass is 127. The van der Waals surface area contributed by atoms with Gasteiger partial charge in [0.25, 0.3) is 0 Å². The molecule has 0 spiro atoms. The third-order valence-corrected chi connectivity index (χ3v) is 4.86. The molecule has 1 aliphatic heterocycles. The van der Waals surface area contributed by atoms with Gasteiger partial charge in [-0.25, -0.2) is 0 Å². The van der Waals surface area contributed by atoms with Gasteiger partial charge in [0.2, 0.25) is 0 Å². The molecule has 0 aromatic carbocycles. The smallest absolute Gasteiger partial charge is 0.191 e. The van der Waals surface area contributed by atoms with Gasteiger partial charge < -0.3 is 10.6 Å². The van der Waals surface area contributed by atoms with E-state index in [1.54, 1.807) is 4.88 Å². The molecule has 1 fully saturated rings. The van der Waals surface area contributed by atoms with Gasteiger partial charge in [-0.3, -0.25) is 9.89 Å². The Balaban J connectivity index is 0.00000161. The molecule has 2 aliphatic rings. The molecule has 0 atom stereocenters. The summed E-state index contributed by atoms with van der Waals surface area (Å²) in [6.07, 6.45) is 3.78. The van der Waals surface area contributed by atoms with Crippen molar-refractivity contribution in [3.05, 3.63) is 21.9 Å². The summed E-state index contributed by atoms with van der Waals surface area (Å²) in [5, 5.41) is 9.01. The summed E-state index contributed by atoms with van der Waals surface area (Å²) in [6, 6.07) is 2.94. The summed E-state index contributed by atoms with van der Waals surface area (Å²) < 4.78 is 0. The molecular weight excluding hydrogens is 395 g/mol. The Morgan fingerprint density at radius 1 is 1.48 bits per heavy atom. The molecule has 6 heteroatoms. The van der Waals surface area contributed by atoms with Crippen LogP contribution >= 0.6 is 35.3 Å². The molecule has 1 aromatic heterocycles. The van der Waals surface area contributed by atoms with Crippen molar-refractivity contribution < 1.29 is 0 Å². The normalized spacial score (nSPS) is 18.8. The first-order valence-electron chi connectivity index (χ1n) is 7.67. The Kier molecular flexibility index (Phi) is 6.75. The zero-order chi connectivity index (χ0) is 13.8. The van der Waals surface area contributed by atoms with E-state index in [2.05, 4.69) is 38.9 Å². The average Bonchev–Trinajstić information content (AvgIpc) is 3.14. The number of guanidine groups is 1. The molecular formula is C15H25IN4S. The zero-order valence-electron chi connectivity index (χ0n) is 12.6. The van der Waals surface area contributed by atoms with Crippen molar-refractivity contribution in [2.45, 2.75) is 38.8 Å². The minimum Gasteiger partial charge on any atom is -0.357 e. The van der Waals surface area contributed by atoms with E-state index in [0.717, 1.165) is 32.1 Å². The molecule has 0 saturated heterocycles. The van der Waals surface area contributed by atoms with Crippen LogP contribution in [-0.4, -0.2) is 43.1 Å². The van der Waals surface area contributed by atoms with E-state index < -0.39 is 0 Å². The van der Waals surface area contributed by atoms with E-state index in [0.29, 0.717) is 6.04 Å². The average molecular weight is 420 g/mol. The molecule has 1 saturated carbocycles. The molecule has 118 valence electrons. The minimum absolute atomic E-state index is 0. The van der Waals surface area contributed by atoms with Crippen LogP contribution in [0.4, 0.5) is 0 Å². The molecule has 0 bridgehead atoms. The number of aliphatic imine (C=N–C) groups is 1. The molecule has 0 radical (unpaired) electrons. The molecule has 3 rings (SSSR count). The van der Waals surface area contributed by atoms with Crippen molar-refractivity contribution in [3.63, 3.8) is 0 Å². The molecule has 1 aromatic rings. The van der Waals surface area contributed by atoms with E-state index in [9.17, 15) is 0 Å². The Morgan fingerprint density at radius 2 is 2.33 bits per heavy atom. The summed E-state index contributed by atoms with van der Waals surface area (Å²) in [5.41, 5.74) is 1.52. The van der Waals surface area contributed by atoms with E-state index in [1.165, 1.54) is 31.4 Å². The molecule has 1 aliphatic carbocycles. The van der Waals surface area contributed by atoms with Gasteiger partial charge in [0.1, 0.15) is 0 Å². The quantitative estimate of drug-likeness (QED) is 0.437. The fraction of sp³-hybridized carbons (Fsp3) is 0.667. The van der Waals surface area contributed by atoms with Crippen LogP contribution in [0.25, 0.3) is 0 Å². The minimum atomic E-state index is 0. The van der Waals surface area contributed by atoms with Gasteiger partial charge in [0, 0.05) is 37.1 Å². The van der Waals surface area contributed by atoms with Gasteiger partial charge in [0.05, 0.1) is 6.54 Å².